The number of hydrogen-bond acceptors (Lipinski definition) is 4. The van der Waals surface area contributed by atoms with Gasteiger partial charge in [-0.2, -0.15) is 0 Å². The first kappa shape index (κ1) is 15.5. The molecule has 1 aliphatic heterocycles. The third kappa shape index (κ3) is 3.81. The topological polar surface area (TPSA) is 35.6 Å². The Bertz CT molecular complexity index is 415. The van der Waals surface area contributed by atoms with E-state index in [-0.39, 0.29) is 11.9 Å². The predicted octanol–water partition coefficient (Wildman–Crippen LogP) is 1.43. The van der Waals surface area contributed by atoms with Gasteiger partial charge in [-0.25, -0.2) is 0 Å². The minimum Gasteiger partial charge on any atom is -0.339 e. The molecule has 0 aliphatic carbocycles. The molecule has 0 bridgehead atoms. The van der Waals surface area contributed by atoms with E-state index in [2.05, 4.69) is 41.7 Å². The number of piperazine rings is 1. The Morgan fingerprint density at radius 2 is 2.15 bits per heavy atom. The molecule has 1 aliphatic rings. The Morgan fingerprint density at radius 3 is 2.75 bits per heavy atom. The lowest BCUT2D eigenvalue weighted by atomic mass is 10.1. The normalized spacial score (nSPS) is 19.1. The van der Waals surface area contributed by atoms with Crippen LogP contribution in [0.1, 0.15) is 18.7 Å². The molecule has 0 saturated carbocycles. The summed E-state index contributed by atoms with van der Waals surface area (Å²) in [6.45, 7) is 7.70. The molecule has 5 heteroatoms. The molecule has 2 unspecified atom stereocenters. The van der Waals surface area contributed by atoms with Crippen LogP contribution in [0.2, 0.25) is 0 Å². The maximum absolute atomic E-state index is 12.5. The number of nitrogens with zero attached hydrogens (tertiary/aromatic N) is 2. The smallest absolute Gasteiger partial charge is 0.239 e. The van der Waals surface area contributed by atoms with Crippen molar-refractivity contribution in [3.8, 4) is 0 Å². The number of carbonyl (C=O) groups excluding carboxylic acids is 1. The molecular formula is C15H25N3OS. The van der Waals surface area contributed by atoms with Crippen LogP contribution >= 0.6 is 11.3 Å². The molecule has 0 spiro atoms. The van der Waals surface area contributed by atoms with E-state index >= 15 is 0 Å². The van der Waals surface area contributed by atoms with Gasteiger partial charge in [0.15, 0.2) is 0 Å². The van der Waals surface area contributed by atoms with Crippen molar-refractivity contribution in [1.29, 1.82) is 0 Å². The van der Waals surface area contributed by atoms with Gasteiger partial charge in [-0.05, 0) is 38.8 Å². The van der Waals surface area contributed by atoms with Crippen LogP contribution in [0.25, 0.3) is 0 Å². The second-order valence-corrected chi connectivity index (χ2v) is 6.58. The molecule has 1 fully saturated rings. The summed E-state index contributed by atoms with van der Waals surface area (Å²) >= 11 is 1.79. The Morgan fingerprint density at radius 1 is 1.45 bits per heavy atom. The van der Waals surface area contributed by atoms with Crippen LogP contribution in [-0.2, 0) is 11.2 Å². The number of rotatable bonds is 5. The van der Waals surface area contributed by atoms with Crippen LogP contribution in [0.4, 0.5) is 0 Å². The van der Waals surface area contributed by atoms with Crippen molar-refractivity contribution >= 4 is 17.2 Å². The van der Waals surface area contributed by atoms with Gasteiger partial charge >= 0.3 is 0 Å². The Kier molecular flexibility index (Phi) is 5.57. The quantitative estimate of drug-likeness (QED) is 0.893. The minimum atomic E-state index is -0.0527. The molecule has 2 heterocycles. The van der Waals surface area contributed by atoms with E-state index in [0.717, 1.165) is 32.6 Å². The lowest BCUT2D eigenvalue weighted by molar-refractivity contribution is -0.137. The highest BCUT2D eigenvalue weighted by atomic mass is 32.1. The fraction of sp³-hybridized carbons (Fsp3) is 0.667. The molecule has 0 radical (unpaired) electrons. The van der Waals surface area contributed by atoms with E-state index in [1.807, 2.05) is 11.8 Å². The molecule has 1 amide bonds. The fourth-order valence-electron chi connectivity index (χ4n) is 2.57. The average molecular weight is 295 g/mol. The summed E-state index contributed by atoms with van der Waals surface area (Å²) in [5.41, 5.74) is 0. The highest BCUT2D eigenvalue weighted by molar-refractivity contribution is 7.09. The second-order valence-electron chi connectivity index (χ2n) is 5.55. The summed E-state index contributed by atoms with van der Waals surface area (Å²) in [7, 11) is 2.06. The van der Waals surface area contributed by atoms with Gasteiger partial charge in [-0.3, -0.25) is 9.69 Å². The number of hydrogen-bond donors (Lipinski definition) is 1. The minimum absolute atomic E-state index is 0.0527. The summed E-state index contributed by atoms with van der Waals surface area (Å²) in [4.78, 5) is 18.1. The van der Waals surface area contributed by atoms with Crippen molar-refractivity contribution in [1.82, 2.24) is 15.1 Å². The summed E-state index contributed by atoms with van der Waals surface area (Å²) < 4.78 is 0. The van der Waals surface area contributed by atoms with Gasteiger partial charge in [0.1, 0.15) is 0 Å². The lowest BCUT2D eigenvalue weighted by Gasteiger charge is -2.35. The van der Waals surface area contributed by atoms with E-state index < -0.39 is 0 Å². The first-order chi connectivity index (χ1) is 9.59. The van der Waals surface area contributed by atoms with Crippen molar-refractivity contribution < 1.29 is 4.79 Å². The number of thiophene rings is 1. The molecule has 0 aromatic carbocycles. The van der Waals surface area contributed by atoms with Gasteiger partial charge in [0.2, 0.25) is 5.91 Å². The van der Waals surface area contributed by atoms with Crippen molar-refractivity contribution in [3.63, 3.8) is 0 Å². The van der Waals surface area contributed by atoms with Crippen LogP contribution in [0.5, 0.6) is 0 Å². The summed E-state index contributed by atoms with van der Waals surface area (Å²) in [6, 6.07) is 4.57. The van der Waals surface area contributed by atoms with Crippen LogP contribution in [0.3, 0.4) is 0 Å². The van der Waals surface area contributed by atoms with E-state index in [1.54, 1.807) is 11.3 Å². The van der Waals surface area contributed by atoms with Gasteiger partial charge in [0, 0.05) is 37.1 Å². The Balaban J connectivity index is 1.89. The van der Waals surface area contributed by atoms with E-state index in [9.17, 15) is 4.79 Å². The molecule has 2 rings (SSSR count). The highest BCUT2D eigenvalue weighted by Gasteiger charge is 2.27. The Labute approximate surface area is 125 Å². The maximum atomic E-state index is 12.5. The number of carbonyl (C=O) groups is 1. The van der Waals surface area contributed by atoms with E-state index in [1.165, 1.54) is 4.88 Å². The molecule has 1 N–H and O–H groups in total. The zero-order valence-corrected chi connectivity index (χ0v) is 13.4. The van der Waals surface area contributed by atoms with Crippen LogP contribution < -0.4 is 5.32 Å². The number of likely N-dealkylation sites (N-methyl/N-ethyl adjacent to an activating group) is 1. The van der Waals surface area contributed by atoms with Crippen molar-refractivity contribution in [2.75, 3.05) is 33.2 Å². The first-order valence-electron chi connectivity index (χ1n) is 7.33. The van der Waals surface area contributed by atoms with Gasteiger partial charge in [-0.1, -0.05) is 6.07 Å². The first-order valence-corrected chi connectivity index (χ1v) is 8.21. The zero-order valence-electron chi connectivity index (χ0n) is 12.6. The highest BCUT2D eigenvalue weighted by Crippen LogP contribution is 2.15. The predicted molar refractivity (Wildman–Crippen MR) is 84.2 cm³/mol. The number of amides is 1. The van der Waals surface area contributed by atoms with Crippen molar-refractivity contribution in [2.24, 2.45) is 0 Å². The molecule has 112 valence electrons. The lowest BCUT2D eigenvalue weighted by Crippen LogP contribution is -2.54. The van der Waals surface area contributed by atoms with Crippen LogP contribution in [0, 0.1) is 0 Å². The molecule has 2 atom stereocenters. The standard InChI is InChI=1S/C15H25N3OS/c1-12(11-14-5-4-10-20-14)17(3)13(2)15(19)18-8-6-16-7-9-18/h4-5,10,12-13,16H,6-9,11H2,1-3H3. The largest absolute Gasteiger partial charge is 0.339 e. The molecule has 1 saturated heterocycles. The fourth-order valence-corrected chi connectivity index (χ4v) is 3.40. The van der Waals surface area contributed by atoms with Crippen LogP contribution in [0.15, 0.2) is 17.5 Å². The van der Waals surface area contributed by atoms with Gasteiger partial charge in [0.05, 0.1) is 6.04 Å². The maximum Gasteiger partial charge on any atom is 0.239 e. The zero-order chi connectivity index (χ0) is 14.5. The molecular weight excluding hydrogens is 270 g/mol. The summed E-state index contributed by atoms with van der Waals surface area (Å²) in [5.74, 6) is 0.257. The third-order valence-corrected chi connectivity index (χ3v) is 5.07. The Hall–Kier alpha value is -0.910. The van der Waals surface area contributed by atoms with Gasteiger partial charge < -0.3 is 10.2 Å². The third-order valence-electron chi connectivity index (χ3n) is 4.17. The van der Waals surface area contributed by atoms with Gasteiger partial charge in [0.25, 0.3) is 0 Å². The van der Waals surface area contributed by atoms with Crippen LogP contribution in [-0.4, -0.2) is 61.0 Å². The van der Waals surface area contributed by atoms with Crippen molar-refractivity contribution in [2.45, 2.75) is 32.4 Å². The van der Waals surface area contributed by atoms with Crippen molar-refractivity contribution in [3.05, 3.63) is 22.4 Å². The van der Waals surface area contributed by atoms with E-state index in [4.69, 9.17) is 0 Å². The van der Waals surface area contributed by atoms with Gasteiger partial charge in [-0.15, -0.1) is 11.3 Å². The summed E-state index contributed by atoms with van der Waals surface area (Å²) in [6.07, 6.45) is 1.01. The molecule has 1 aromatic heterocycles. The second kappa shape index (κ2) is 7.20. The van der Waals surface area contributed by atoms with E-state index in [0.29, 0.717) is 6.04 Å². The number of nitrogens with one attached hydrogen (secondary N) is 1. The SMILES string of the molecule is CC(Cc1cccs1)N(C)C(C)C(=O)N1CCNCC1. The summed E-state index contributed by atoms with van der Waals surface area (Å²) in [5, 5.41) is 5.39. The molecule has 20 heavy (non-hydrogen) atoms. The average Bonchev–Trinajstić information content (AvgIpc) is 2.98. The monoisotopic (exact) mass is 295 g/mol. The molecule has 4 nitrogen and oxygen atoms in total. The molecule has 1 aromatic rings.